The summed E-state index contributed by atoms with van der Waals surface area (Å²) in [4.78, 5) is 12.2. The van der Waals surface area contributed by atoms with Gasteiger partial charge < -0.3 is 30.4 Å². The standard InChI is InChI=1S/C28H40F2N2O5/c1-18(2)21(12-19-6-9-26(36-4)27(13-19)37-11-5-10-35-3)14-24(31)25(33)17-32-28(34)15-20-7-8-22(29)16-23(20)30/h6-9,13,16,18,21,24-25,33H,5,10-12,14-15,17,31H2,1-4H3,(H,32,34)/t21-,24-,25-/m0/s1. The van der Waals surface area contributed by atoms with Gasteiger partial charge in [0.15, 0.2) is 11.5 Å². The van der Waals surface area contributed by atoms with Gasteiger partial charge in [-0.1, -0.05) is 26.0 Å². The average Bonchev–Trinajstić information content (AvgIpc) is 2.86. The van der Waals surface area contributed by atoms with Gasteiger partial charge in [0.1, 0.15) is 11.6 Å². The van der Waals surface area contributed by atoms with E-state index in [9.17, 15) is 18.7 Å². The van der Waals surface area contributed by atoms with Crippen LogP contribution in [0.15, 0.2) is 36.4 Å². The number of carbonyl (C=O) groups excluding carboxylic acids is 1. The molecule has 0 saturated heterocycles. The first-order valence-corrected chi connectivity index (χ1v) is 12.6. The van der Waals surface area contributed by atoms with Crippen LogP contribution in [-0.2, 0) is 22.4 Å². The number of nitrogens with two attached hydrogens (primary N) is 1. The van der Waals surface area contributed by atoms with Crippen molar-refractivity contribution in [3.63, 3.8) is 0 Å². The van der Waals surface area contributed by atoms with Gasteiger partial charge in [-0.3, -0.25) is 4.79 Å². The lowest BCUT2D eigenvalue weighted by atomic mass is 9.83. The quantitative estimate of drug-likeness (QED) is 0.291. The number of aliphatic hydroxyl groups excluding tert-OH is 1. The molecule has 0 bridgehead atoms. The predicted molar refractivity (Wildman–Crippen MR) is 139 cm³/mol. The lowest BCUT2D eigenvalue weighted by molar-refractivity contribution is -0.121. The Bertz CT molecular complexity index is 989. The summed E-state index contributed by atoms with van der Waals surface area (Å²) >= 11 is 0. The molecule has 2 aromatic carbocycles. The van der Waals surface area contributed by atoms with Crippen LogP contribution in [0, 0.1) is 23.5 Å². The zero-order chi connectivity index (χ0) is 27.4. The van der Waals surface area contributed by atoms with Crippen molar-refractivity contribution in [1.29, 1.82) is 0 Å². The van der Waals surface area contributed by atoms with Crippen molar-refractivity contribution in [2.45, 2.75) is 51.7 Å². The Balaban J connectivity index is 1.92. The predicted octanol–water partition coefficient (Wildman–Crippen LogP) is 3.64. The second kappa shape index (κ2) is 15.5. The van der Waals surface area contributed by atoms with E-state index >= 15 is 0 Å². The summed E-state index contributed by atoms with van der Waals surface area (Å²) in [5.74, 6) is -0.175. The summed E-state index contributed by atoms with van der Waals surface area (Å²) in [7, 11) is 3.25. The van der Waals surface area contributed by atoms with E-state index in [0.717, 1.165) is 30.5 Å². The fraction of sp³-hybridized carbons (Fsp3) is 0.536. The Morgan fingerprint density at radius 2 is 1.84 bits per heavy atom. The third-order valence-corrected chi connectivity index (χ3v) is 6.36. The molecule has 3 atom stereocenters. The zero-order valence-corrected chi connectivity index (χ0v) is 22.1. The number of halogens is 2. The molecule has 4 N–H and O–H groups in total. The summed E-state index contributed by atoms with van der Waals surface area (Å²) in [5.41, 5.74) is 7.45. The minimum atomic E-state index is -0.973. The van der Waals surface area contributed by atoms with E-state index in [0.29, 0.717) is 37.1 Å². The minimum Gasteiger partial charge on any atom is -0.493 e. The Kier molecular flexibility index (Phi) is 12.8. The summed E-state index contributed by atoms with van der Waals surface area (Å²) in [6.45, 7) is 5.28. The van der Waals surface area contributed by atoms with Crippen molar-refractivity contribution in [3.05, 3.63) is 59.2 Å². The number of hydrogen-bond donors (Lipinski definition) is 3. The van der Waals surface area contributed by atoms with E-state index in [1.54, 1.807) is 14.2 Å². The van der Waals surface area contributed by atoms with Gasteiger partial charge in [-0.15, -0.1) is 0 Å². The average molecular weight is 523 g/mol. The molecule has 2 aromatic rings. The van der Waals surface area contributed by atoms with Crippen LogP contribution in [-0.4, -0.2) is 57.1 Å². The molecule has 1 amide bonds. The van der Waals surface area contributed by atoms with Crippen LogP contribution < -0.4 is 20.5 Å². The van der Waals surface area contributed by atoms with Gasteiger partial charge in [0, 0.05) is 38.8 Å². The molecule has 0 aliphatic rings. The van der Waals surface area contributed by atoms with Gasteiger partial charge >= 0.3 is 0 Å². The highest BCUT2D eigenvalue weighted by Crippen LogP contribution is 2.31. The summed E-state index contributed by atoms with van der Waals surface area (Å²) in [6.07, 6.45) is 0.805. The number of aliphatic hydroxyl groups is 1. The SMILES string of the molecule is COCCCOc1cc(C[C@@H](C[C@H](N)[C@@H](O)CNC(=O)Cc2ccc(F)cc2F)C(C)C)ccc1OC. The van der Waals surface area contributed by atoms with Crippen LogP contribution in [0.1, 0.15) is 37.8 Å². The Labute approximate surface area is 218 Å². The van der Waals surface area contributed by atoms with Gasteiger partial charge in [0.2, 0.25) is 5.91 Å². The molecule has 7 nitrogen and oxygen atoms in total. The second-order valence-corrected chi connectivity index (χ2v) is 9.57. The van der Waals surface area contributed by atoms with E-state index < -0.39 is 29.7 Å². The number of carbonyl (C=O) groups is 1. The van der Waals surface area contributed by atoms with Gasteiger partial charge in [0.25, 0.3) is 0 Å². The van der Waals surface area contributed by atoms with Gasteiger partial charge in [-0.05, 0) is 54.0 Å². The number of nitrogens with one attached hydrogen (secondary N) is 1. The number of amides is 1. The second-order valence-electron chi connectivity index (χ2n) is 9.57. The number of rotatable bonds is 16. The molecule has 37 heavy (non-hydrogen) atoms. The highest BCUT2D eigenvalue weighted by atomic mass is 19.1. The van der Waals surface area contributed by atoms with Crippen LogP contribution >= 0.6 is 0 Å². The Morgan fingerprint density at radius 3 is 2.49 bits per heavy atom. The maximum atomic E-state index is 13.8. The number of benzene rings is 2. The summed E-state index contributed by atoms with van der Waals surface area (Å²) < 4.78 is 43.2. The third-order valence-electron chi connectivity index (χ3n) is 6.36. The van der Waals surface area contributed by atoms with Gasteiger partial charge in [-0.25, -0.2) is 8.78 Å². The molecule has 0 radical (unpaired) electrons. The monoisotopic (exact) mass is 522 g/mol. The maximum absolute atomic E-state index is 13.8. The third kappa shape index (κ3) is 10.3. The first kappa shape index (κ1) is 30.5. The highest BCUT2D eigenvalue weighted by molar-refractivity contribution is 5.78. The van der Waals surface area contributed by atoms with E-state index in [4.69, 9.17) is 19.9 Å². The fourth-order valence-corrected chi connectivity index (χ4v) is 4.02. The van der Waals surface area contributed by atoms with Crippen LogP contribution in [0.2, 0.25) is 0 Å². The van der Waals surface area contributed by atoms with E-state index in [1.165, 1.54) is 6.07 Å². The normalized spacial score (nSPS) is 13.8. The van der Waals surface area contributed by atoms with E-state index in [1.807, 2.05) is 18.2 Å². The van der Waals surface area contributed by atoms with Crippen molar-refractivity contribution < 1.29 is 32.9 Å². The molecular formula is C28H40F2N2O5. The first-order valence-electron chi connectivity index (χ1n) is 12.6. The van der Waals surface area contributed by atoms with Gasteiger partial charge in [-0.2, -0.15) is 0 Å². The molecule has 0 spiro atoms. The molecule has 0 saturated carbocycles. The summed E-state index contributed by atoms with van der Waals surface area (Å²) in [5, 5.41) is 13.1. The zero-order valence-electron chi connectivity index (χ0n) is 22.1. The van der Waals surface area contributed by atoms with Crippen molar-refractivity contribution in [2.24, 2.45) is 17.6 Å². The van der Waals surface area contributed by atoms with Crippen LogP contribution in [0.5, 0.6) is 11.5 Å². The topological polar surface area (TPSA) is 103 Å². The summed E-state index contributed by atoms with van der Waals surface area (Å²) in [6, 6.07) is 8.34. The molecule has 0 unspecified atom stereocenters. The molecular weight excluding hydrogens is 482 g/mol. The van der Waals surface area contributed by atoms with E-state index in [-0.39, 0.29) is 24.4 Å². The maximum Gasteiger partial charge on any atom is 0.224 e. The smallest absolute Gasteiger partial charge is 0.224 e. The molecule has 0 fully saturated rings. The van der Waals surface area contributed by atoms with Crippen molar-refractivity contribution in [2.75, 3.05) is 34.0 Å². The Morgan fingerprint density at radius 1 is 1.08 bits per heavy atom. The molecule has 0 aromatic heterocycles. The molecule has 9 heteroatoms. The van der Waals surface area contributed by atoms with Crippen LogP contribution in [0.3, 0.4) is 0 Å². The first-order chi connectivity index (χ1) is 17.6. The lowest BCUT2D eigenvalue weighted by Gasteiger charge is -2.27. The van der Waals surface area contributed by atoms with Crippen LogP contribution in [0.25, 0.3) is 0 Å². The molecule has 206 valence electrons. The van der Waals surface area contributed by atoms with Gasteiger partial charge in [0.05, 0.1) is 26.2 Å². The molecule has 2 rings (SSSR count). The number of ether oxygens (including phenoxy) is 3. The largest absolute Gasteiger partial charge is 0.493 e. The highest BCUT2D eigenvalue weighted by Gasteiger charge is 2.24. The van der Waals surface area contributed by atoms with E-state index in [2.05, 4.69) is 19.2 Å². The molecule has 0 heterocycles. The van der Waals surface area contributed by atoms with Crippen molar-refractivity contribution in [3.8, 4) is 11.5 Å². The number of methoxy groups -OCH3 is 2. The van der Waals surface area contributed by atoms with Crippen molar-refractivity contribution >= 4 is 5.91 Å². The molecule has 0 aliphatic carbocycles. The lowest BCUT2D eigenvalue weighted by Crippen LogP contribution is -2.45. The number of hydrogen-bond acceptors (Lipinski definition) is 6. The minimum absolute atomic E-state index is 0.0599. The van der Waals surface area contributed by atoms with Crippen molar-refractivity contribution in [1.82, 2.24) is 5.32 Å². The Hall–Kier alpha value is -2.75. The van der Waals surface area contributed by atoms with Crippen LogP contribution in [0.4, 0.5) is 8.78 Å². The molecule has 0 aliphatic heterocycles. The fourth-order valence-electron chi connectivity index (χ4n) is 4.02.